The van der Waals surface area contributed by atoms with Crippen LogP contribution in [0, 0.1) is 5.41 Å². The maximum absolute atomic E-state index is 11.7. The Hall–Kier alpha value is -1.39. The van der Waals surface area contributed by atoms with Gasteiger partial charge in [-0.15, -0.1) is 0 Å². The van der Waals surface area contributed by atoms with E-state index >= 15 is 0 Å². The second-order valence-corrected chi connectivity index (χ2v) is 6.37. The summed E-state index contributed by atoms with van der Waals surface area (Å²) in [5, 5.41) is 8.42. The van der Waals surface area contributed by atoms with E-state index in [1.54, 1.807) is 32.9 Å². The van der Waals surface area contributed by atoms with Crippen molar-refractivity contribution < 1.29 is 14.3 Å². The van der Waals surface area contributed by atoms with E-state index in [4.69, 9.17) is 26.5 Å². The first kappa shape index (κ1) is 17.7. The zero-order valence-electron chi connectivity index (χ0n) is 12.9. The number of hydrogen-bond donors (Lipinski definition) is 1. The zero-order valence-corrected chi connectivity index (χ0v) is 13.7. The van der Waals surface area contributed by atoms with Crippen molar-refractivity contribution in [3.05, 3.63) is 34.9 Å². The Morgan fingerprint density at radius 3 is 2.38 bits per heavy atom. The van der Waals surface area contributed by atoms with Crippen molar-refractivity contribution in [3.8, 4) is 0 Å². The molecule has 116 valence electrons. The fraction of sp³-hybridized carbons (Fsp3) is 0.500. The minimum absolute atomic E-state index is 0.0754. The largest absolute Gasteiger partial charge is 0.456 e. The molecule has 0 spiro atoms. The molecule has 0 saturated carbocycles. The van der Waals surface area contributed by atoms with Crippen molar-refractivity contribution in [1.29, 1.82) is 5.41 Å². The minimum atomic E-state index is -0.593. The molecule has 1 aromatic carbocycles. The Kier molecular flexibility index (Phi) is 6.37. The molecular weight excluding hydrogens is 290 g/mol. The van der Waals surface area contributed by atoms with E-state index in [1.807, 2.05) is 19.1 Å². The van der Waals surface area contributed by atoms with Gasteiger partial charge in [0.1, 0.15) is 11.3 Å². The van der Waals surface area contributed by atoms with Gasteiger partial charge in [-0.3, -0.25) is 5.41 Å². The highest BCUT2D eigenvalue weighted by Crippen LogP contribution is 2.13. The van der Waals surface area contributed by atoms with E-state index in [1.165, 1.54) is 0 Å². The van der Waals surface area contributed by atoms with E-state index in [0.717, 1.165) is 5.56 Å². The lowest BCUT2D eigenvalue weighted by molar-refractivity contribution is -0.146. The lowest BCUT2D eigenvalue weighted by Gasteiger charge is -2.20. The summed E-state index contributed by atoms with van der Waals surface area (Å²) in [6.45, 7) is 7.57. The van der Waals surface area contributed by atoms with Gasteiger partial charge in [0, 0.05) is 11.4 Å². The average molecular weight is 312 g/mol. The number of carbonyl (C=O) groups excluding carboxylic acids is 1. The number of ether oxygens (including phenoxy) is 2. The van der Waals surface area contributed by atoms with Crippen LogP contribution in [0.15, 0.2) is 24.3 Å². The van der Waals surface area contributed by atoms with Crippen LogP contribution in [0.2, 0.25) is 5.02 Å². The summed E-state index contributed by atoms with van der Waals surface area (Å²) in [5.74, 6) is -0.593. The van der Waals surface area contributed by atoms with E-state index in [0.29, 0.717) is 11.6 Å². The van der Waals surface area contributed by atoms with Gasteiger partial charge in [0.05, 0.1) is 12.7 Å². The fourth-order valence-corrected chi connectivity index (χ4v) is 1.71. The van der Waals surface area contributed by atoms with Crippen molar-refractivity contribution in [1.82, 2.24) is 0 Å². The Morgan fingerprint density at radius 2 is 1.86 bits per heavy atom. The number of benzene rings is 1. The molecule has 0 aliphatic rings. The minimum Gasteiger partial charge on any atom is -0.456 e. The van der Waals surface area contributed by atoms with Crippen molar-refractivity contribution in [3.63, 3.8) is 0 Å². The van der Waals surface area contributed by atoms with Crippen LogP contribution in [0.1, 0.15) is 39.7 Å². The van der Waals surface area contributed by atoms with E-state index < -0.39 is 11.6 Å². The molecule has 0 heterocycles. The molecule has 21 heavy (non-hydrogen) atoms. The number of halogens is 1. The van der Waals surface area contributed by atoms with Crippen LogP contribution in [0.4, 0.5) is 0 Å². The van der Waals surface area contributed by atoms with Crippen LogP contribution in [0.5, 0.6) is 0 Å². The number of rotatable bonds is 6. The van der Waals surface area contributed by atoms with Crippen LogP contribution in [0.25, 0.3) is 0 Å². The smallest absolute Gasteiger partial charge is 0.352 e. The molecule has 0 aromatic heterocycles. The molecule has 0 unspecified atom stereocenters. The quantitative estimate of drug-likeness (QED) is 0.638. The van der Waals surface area contributed by atoms with Crippen molar-refractivity contribution in [2.24, 2.45) is 0 Å². The van der Waals surface area contributed by atoms with Gasteiger partial charge in [-0.1, -0.05) is 23.7 Å². The van der Waals surface area contributed by atoms with Crippen LogP contribution in [-0.4, -0.2) is 23.4 Å². The Bertz CT molecular complexity index is 491. The Morgan fingerprint density at radius 1 is 1.29 bits per heavy atom. The molecule has 1 N–H and O–H groups in total. The Labute approximate surface area is 130 Å². The molecule has 0 fully saturated rings. The summed E-state index contributed by atoms with van der Waals surface area (Å²) in [6, 6.07) is 7.36. The predicted molar refractivity (Wildman–Crippen MR) is 83.9 cm³/mol. The highest BCUT2D eigenvalue weighted by atomic mass is 35.5. The SMILES string of the molecule is C[C@@H](CC(=N)C(=O)OC(C)(C)C)OCc1ccc(Cl)cc1. The van der Waals surface area contributed by atoms with Crippen LogP contribution in [0.3, 0.4) is 0 Å². The maximum atomic E-state index is 11.7. The topological polar surface area (TPSA) is 59.4 Å². The molecule has 4 nitrogen and oxygen atoms in total. The van der Waals surface area contributed by atoms with Crippen molar-refractivity contribution >= 4 is 23.3 Å². The van der Waals surface area contributed by atoms with Gasteiger partial charge in [0.15, 0.2) is 0 Å². The van der Waals surface area contributed by atoms with Gasteiger partial charge in [0.2, 0.25) is 0 Å². The number of hydrogen-bond acceptors (Lipinski definition) is 4. The highest BCUT2D eigenvalue weighted by molar-refractivity contribution is 6.35. The van der Waals surface area contributed by atoms with Gasteiger partial charge >= 0.3 is 5.97 Å². The third kappa shape index (κ3) is 7.25. The van der Waals surface area contributed by atoms with E-state index in [2.05, 4.69) is 0 Å². The monoisotopic (exact) mass is 311 g/mol. The first-order valence-electron chi connectivity index (χ1n) is 6.84. The second-order valence-electron chi connectivity index (χ2n) is 5.93. The lowest BCUT2D eigenvalue weighted by atomic mass is 10.1. The van der Waals surface area contributed by atoms with Gasteiger partial charge in [-0.2, -0.15) is 0 Å². The number of nitrogens with one attached hydrogen (secondary N) is 1. The summed E-state index contributed by atoms with van der Waals surface area (Å²) in [4.78, 5) is 11.7. The fourth-order valence-electron chi connectivity index (χ4n) is 1.59. The van der Waals surface area contributed by atoms with Gasteiger partial charge < -0.3 is 9.47 Å². The van der Waals surface area contributed by atoms with Crippen LogP contribution >= 0.6 is 11.6 Å². The third-order valence-electron chi connectivity index (χ3n) is 2.58. The molecule has 0 amide bonds. The molecule has 0 radical (unpaired) electrons. The average Bonchev–Trinajstić information content (AvgIpc) is 2.36. The molecular formula is C16H22ClNO3. The zero-order chi connectivity index (χ0) is 16.0. The van der Waals surface area contributed by atoms with Gasteiger partial charge in [-0.25, -0.2) is 4.79 Å². The molecule has 0 saturated heterocycles. The Balaban J connectivity index is 2.39. The van der Waals surface area contributed by atoms with Gasteiger partial charge in [0.25, 0.3) is 0 Å². The summed E-state index contributed by atoms with van der Waals surface area (Å²) >= 11 is 5.81. The normalized spacial score (nSPS) is 12.8. The summed E-state index contributed by atoms with van der Waals surface area (Å²) in [6.07, 6.45) is -0.0108. The highest BCUT2D eigenvalue weighted by Gasteiger charge is 2.21. The van der Waals surface area contributed by atoms with Crippen molar-refractivity contribution in [2.75, 3.05) is 0 Å². The number of carbonyl (C=O) groups is 1. The molecule has 0 bridgehead atoms. The number of esters is 1. The van der Waals surface area contributed by atoms with Gasteiger partial charge in [-0.05, 0) is 45.4 Å². The first-order valence-corrected chi connectivity index (χ1v) is 7.22. The van der Waals surface area contributed by atoms with Crippen LogP contribution < -0.4 is 0 Å². The maximum Gasteiger partial charge on any atom is 0.352 e. The van der Waals surface area contributed by atoms with E-state index in [9.17, 15) is 4.79 Å². The first-order chi connectivity index (χ1) is 9.67. The standard InChI is InChI=1S/C16H22ClNO3/c1-11(9-14(18)15(19)21-16(2,3)4)20-10-12-5-7-13(17)8-6-12/h5-8,11,18H,9-10H2,1-4H3/t11-/m0/s1. The molecule has 5 heteroatoms. The second kappa shape index (κ2) is 7.57. The molecule has 0 aliphatic heterocycles. The summed E-state index contributed by atoms with van der Waals surface area (Å²) in [5.41, 5.74) is 0.333. The lowest BCUT2D eigenvalue weighted by Crippen LogP contribution is -2.30. The molecule has 1 atom stereocenters. The molecule has 0 aliphatic carbocycles. The van der Waals surface area contributed by atoms with Crippen LogP contribution in [-0.2, 0) is 20.9 Å². The molecule has 1 aromatic rings. The van der Waals surface area contributed by atoms with E-state index in [-0.39, 0.29) is 18.2 Å². The molecule has 1 rings (SSSR count). The van der Waals surface area contributed by atoms with Crippen molar-refractivity contribution in [2.45, 2.75) is 52.4 Å². The third-order valence-corrected chi connectivity index (χ3v) is 2.84. The summed E-state index contributed by atoms with van der Waals surface area (Å²) < 4.78 is 10.8. The predicted octanol–water partition coefficient (Wildman–Crippen LogP) is 4.00. The summed E-state index contributed by atoms with van der Waals surface area (Å²) in [7, 11) is 0.